The lowest BCUT2D eigenvalue weighted by atomic mass is 9.86. The minimum Gasteiger partial charge on any atom is -0.220 e. The molecule has 0 atom stereocenters. The Hall–Kier alpha value is -1.71. The molecule has 0 aliphatic heterocycles. The van der Waals surface area contributed by atoms with Gasteiger partial charge in [0, 0.05) is 5.41 Å². The van der Waals surface area contributed by atoms with Crippen molar-refractivity contribution in [2.24, 2.45) is 0 Å². The SMILES string of the molecule is CC(C)(C)c1cn(-c2ccc(C(C)(C)C)c(F)c2)nn1. The number of rotatable bonds is 1. The fraction of sp³-hybridized carbons (Fsp3) is 0.500. The van der Waals surface area contributed by atoms with Crippen LogP contribution in [-0.2, 0) is 10.8 Å². The number of hydrogen-bond acceptors (Lipinski definition) is 2. The van der Waals surface area contributed by atoms with Gasteiger partial charge < -0.3 is 0 Å². The topological polar surface area (TPSA) is 30.7 Å². The first kappa shape index (κ1) is 14.7. The lowest BCUT2D eigenvalue weighted by molar-refractivity contribution is 0.522. The Labute approximate surface area is 119 Å². The first-order chi connectivity index (χ1) is 9.09. The van der Waals surface area contributed by atoms with E-state index in [-0.39, 0.29) is 16.6 Å². The standard InChI is InChI=1S/C16H22FN3/c1-15(2,3)12-8-7-11(9-13(12)17)20-10-14(18-19-20)16(4,5)6/h7-10H,1-6H3. The quantitative estimate of drug-likeness (QED) is 0.787. The largest absolute Gasteiger partial charge is 0.220 e. The molecule has 1 aromatic carbocycles. The Bertz CT molecular complexity index is 615. The lowest BCUT2D eigenvalue weighted by Gasteiger charge is -2.20. The van der Waals surface area contributed by atoms with Crippen LogP contribution in [0.15, 0.2) is 24.4 Å². The highest BCUT2D eigenvalue weighted by atomic mass is 19.1. The molecule has 0 fully saturated rings. The van der Waals surface area contributed by atoms with Gasteiger partial charge in [-0.25, -0.2) is 9.07 Å². The number of aromatic nitrogens is 3. The fourth-order valence-electron chi connectivity index (χ4n) is 1.99. The molecule has 108 valence electrons. The second-order valence-corrected chi connectivity index (χ2v) is 7.21. The molecule has 0 aliphatic carbocycles. The van der Waals surface area contributed by atoms with Crippen LogP contribution in [0.1, 0.15) is 52.8 Å². The minimum absolute atomic E-state index is 0.0673. The van der Waals surface area contributed by atoms with Gasteiger partial charge in [-0.1, -0.05) is 52.8 Å². The first-order valence-corrected chi connectivity index (χ1v) is 6.82. The van der Waals surface area contributed by atoms with Crippen LogP contribution in [0.3, 0.4) is 0 Å². The lowest BCUT2D eigenvalue weighted by Crippen LogP contribution is -2.14. The molecule has 4 heteroatoms. The summed E-state index contributed by atoms with van der Waals surface area (Å²) >= 11 is 0. The molecule has 0 saturated heterocycles. The number of benzene rings is 1. The molecule has 0 saturated carbocycles. The normalized spacial score (nSPS) is 12.8. The average Bonchev–Trinajstić information content (AvgIpc) is 2.75. The number of halogens is 1. The third-order valence-electron chi connectivity index (χ3n) is 3.29. The van der Waals surface area contributed by atoms with Gasteiger partial charge in [0.05, 0.1) is 17.6 Å². The summed E-state index contributed by atoms with van der Waals surface area (Å²) in [5.41, 5.74) is 2.01. The van der Waals surface area contributed by atoms with Gasteiger partial charge in [0.15, 0.2) is 0 Å². The van der Waals surface area contributed by atoms with E-state index in [4.69, 9.17) is 0 Å². The van der Waals surface area contributed by atoms with E-state index in [1.165, 1.54) is 6.07 Å². The van der Waals surface area contributed by atoms with Gasteiger partial charge in [-0.2, -0.15) is 0 Å². The maximum absolute atomic E-state index is 14.2. The van der Waals surface area contributed by atoms with Gasteiger partial charge >= 0.3 is 0 Å². The van der Waals surface area contributed by atoms with Crippen molar-refractivity contribution < 1.29 is 4.39 Å². The van der Waals surface area contributed by atoms with E-state index in [9.17, 15) is 4.39 Å². The van der Waals surface area contributed by atoms with Crippen LogP contribution in [0.5, 0.6) is 0 Å². The average molecular weight is 275 g/mol. The second-order valence-electron chi connectivity index (χ2n) is 7.21. The first-order valence-electron chi connectivity index (χ1n) is 6.82. The summed E-state index contributed by atoms with van der Waals surface area (Å²) < 4.78 is 15.8. The van der Waals surface area contributed by atoms with Crippen LogP contribution in [-0.4, -0.2) is 15.0 Å². The van der Waals surface area contributed by atoms with Crippen molar-refractivity contribution in [1.82, 2.24) is 15.0 Å². The fourth-order valence-corrected chi connectivity index (χ4v) is 1.99. The van der Waals surface area contributed by atoms with E-state index in [0.29, 0.717) is 11.3 Å². The minimum atomic E-state index is -0.207. The van der Waals surface area contributed by atoms with E-state index in [2.05, 4.69) is 31.1 Å². The molecule has 0 amide bonds. The Morgan fingerprint density at radius 1 is 1.00 bits per heavy atom. The van der Waals surface area contributed by atoms with Crippen LogP contribution in [0, 0.1) is 5.82 Å². The molecular formula is C16H22FN3. The van der Waals surface area contributed by atoms with E-state index in [1.54, 1.807) is 4.68 Å². The van der Waals surface area contributed by atoms with Crippen molar-refractivity contribution in [3.8, 4) is 5.69 Å². The third kappa shape index (κ3) is 2.89. The van der Waals surface area contributed by atoms with Crippen LogP contribution < -0.4 is 0 Å². The molecule has 0 radical (unpaired) electrons. The molecule has 0 aliphatic rings. The van der Waals surface area contributed by atoms with Crippen molar-refractivity contribution in [3.05, 3.63) is 41.5 Å². The van der Waals surface area contributed by atoms with Gasteiger partial charge in [0.1, 0.15) is 5.82 Å². The smallest absolute Gasteiger partial charge is 0.129 e. The molecule has 0 bridgehead atoms. The zero-order valence-corrected chi connectivity index (χ0v) is 13.0. The van der Waals surface area contributed by atoms with Gasteiger partial charge in [0.2, 0.25) is 0 Å². The number of nitrogens with zero attached hydrogens (tertiary/aromatic N) is 3. The summed E-state index contributed by atoms with van der Waals surface area (Å²) in [5.74, 6) is -0.206. The molecular weight excluding hydrogens is 253 g/mol. The summed E-state index contributed by atoms with van der Waals surface area (Å²) in [5, 5.41) is 8.24. The van der Waals surface area contributed by atoms with Crippen molar-refractivity contribution >= 4 is 0 Å². The summed E-state index contributed by atoms with van der Waals surface area (Å²) in [4.78, 5) is 0. The zero-order valence-electron chi connectivity index (χ0n) is 13.0. The molecule has 2 aromatic rings. The highest BCUT2D eigenvalue weighted by molar-refractivity contribution is 5.37. The Balaban J connectivity index is 2.40. The monoisotopic (exact) mass is 275 g/mol. The molecule has 20 heavy (non-hydrogen) atoms. The predicted octanol–water partition coefficient (Wildman–Crippen LogP) is 4.00. The van der Waals surface area contributed by atoms with Crippen LogP contribution in [0.25, 0.3) is 5.69 Å². The predicted molar refractivity (Wildman–Crippen MR) is 78.7 cm³/mol. The van der Waals surface area contributed by atoms with E-state index in [1.807, 2.05) is 39.1 Å². The van der Waals surface area contributed by atoms with Crippen molar-refractivity contribution in [2.45, 2.75) is 52.4 Å². The molecule has 3 nitrogen and oxygen atoms in total. The Kier molecular flexibility index (Phi) is 3.44. The van der Waals surface area contributed by atoms with Crippen molar-refractivity contribution in [3.63, 3.8) is 0 Å². The summed E-state index contributed by atoms with van der Waals surface area (Å²) in [6.45, 7) is 12.2. The molecule has 1 aromatic heterocycles. The van der Waals surface area contributed by atoms with E-state index < -0.39 is 0 Å². The Morgan fingerprint density at radius 3 is 2.10 bits per heavy atom. The number of hydrogen-bond donors (Lipinski definition) is 0. The molecule has 2 rings (SSSR count). The second kappa shape index (κ2) is 4.69. The highest BCUT2D eigenvalue weighted by Gasteiger charge is 2.20. The zero-order chi connectivity index (χ0) is 15.1. The van der Waals surface area contributed by atoms with Crippen LogP contribution >= 0.6 is 0 Å². The van der Waals surface area contributed by atoms with E-state index >= 15 is 0 Å². The molecule has 1 heterocycles. The van der Waals surface area contributed by atoms with E-state index in [0.717, 1.165) is 5.69 Å². The van der Waals surface area contributed by atoms with Crippen molar-refractivity contribution in [2.75, 3.05) is 0 Å². The van der Waals surface area contributed by atoms with Gasteiger partial charge in [-0.15, -0.1) is 5.10 Å². The summed E-state index contributed by atoms with van der Waals surface area (Å²) in [6.07, 6.45) is 1.85. The maximum Gasteiger partial charge on any atom is 0.129 e. The molecule has 0 spiro atoms. The summed E-state index contributed by atoms with van der Waals surface area (Å²) in [7, 11) is 0. The van der Waals surface area contributed by atoms with Crippen molar-refractivity contribution in [1.29, 1.82) is 0 Å². The molecule has 0 unspecified atom stereocenters. The summed E-state index contributed by atoms with van der Waals surface area (Å²) in [6, 6.07) is 5.22. The highest BCUT2D eigenvalue weighted by Crippen LogP contribution is 2.27. The van der Waals surface area contributed by atoms with Gasteiger partial charge in [0.25, 0.3) is 0 Å². The molecule has 0 N–H and O–H groups in total. The van der Waals surface area contributed by atoms with Crippen LogP contribution in [0.4, 0.5) is 4.39 Å². The van der Waals surface area contributed by atoms with Gasteiger partial charge in [-0.05, 0) is 23.1 Å². The Morgan fingerprint density at radius 2 is 1.65 bits per heavy atom. The van der Waals surface area contributed by atoms with Crippen LogP contribution in [0.2, 0.25) is 0 Å². The maximum atomic E-state index is 14.2. The third-order valence-corrected chi connectivity index (χ3v) is 3.29. The van der Waals surface area contributed by atoms with Gasteiger partial charge in [-0.3, -0.25) is 0 Å².